The number of hydrogen-bond donors (Lipinski definition) is 1. The number of nitrogens with one attached hydrogen (secondary N) is 1. The zero-order chi connectivity index (χ0) is 17.6. The third kappa shape index (κ3) is 5.16. The SMILES string of the molecule is COc1ccc(C(=O)CSc2nnc(NCC3CCCO3)s2)cc1Br. The van der Waals surface area contributed by atoms with Gasteiger partial charge in [0.1, 0.15) is 5.75 Å². The summed E-state index contributed by atoms with van der Waals surface area (Å²) in [7, 11) is 1.59. The molecule has 0 saturated carbocycles. The summed E-state index contributed by atoms with van der Waals surface area (Å²) in [4.78, 5) is 12.3. The number of halogens is 1. The number of thioether (sulfide) groups is 1. The van der Waals surface area contributed by atoms with Crippen molar-refractivity contribution in [3.63, 3.8) is 0 Å². The van der Waals surface area contributed by atoms with Gasteiger partial charge < -0.3 is 14.8 Å². The first kappa shape index (κ1) is 18.6. The van der Waals surface area contributed by atoms with Gasteiger partial charge >= 0.3 is 0 Å². The molecule has 2 aromatic rings. The van der Waals surface area contributed by atoms with E-state index in [1.807, 2.05) is 0 Å². The number of anilines is 1. The molecule has 1 fully saturated rings. The van der Waals surface area contributed by atoms with Gasteiger partial charge in [0.15, 0.2) is 10.1 Å². The number of nitrogens with zero attached hydrogens (tertiary/aromatic N) is 2. The molecule has 6 nitrogen and oxygen atoms in total. The Labute approximate surface area is 162 Å². The molecule has 9 heteroatoms. The van der Waals surface area contributed by atoms with Crippen LogP contribution >= 0.6 is 39.0 Å². The Hall–Kier alpha value is -1.16. The Bertz CT molecular complexity index is 735. The summed E-state index contributed by atoms with van der Waals surface area (Å²) in [6, 6.07) is 5.32. The maximum Gasteiger partial charge on any atom is 0.206 e. The van der Waals surface area contributed by atoms with Crippen LogP contribution in [0.1, 0.15) is 23.2 Å². The minimum Gasteiger partial charge on any atom is -0.496 e. The quantitative estimate of drug-likeness (QED) is 0.490. The Morgan fingerprint density at radius 3 is 3.12 bits per heavy atom. The number of ether oxygens (including phenoxy) is 2. The molecule has 1 aromatic carbocycles. The van der Waals surface area contributed by atoms with Gasteiger partial charge in [0, 0.05) is 18.7 Å². The highest BCUT2D eigenvalue weighted by atomic mass is 79.9. The molecule has 1 N–H and O–H groups in total. The van der Waals surface area contributed by atoms with Gasteiger partial charge in [-0.3, -0.25) is 4.79 Å². The average Bonchev–Trinajstić information content (AvgIpc) is 3.29. The summed E-state index contributed by atoms with van der Waals surface area (Å²) >= 11 is 6.25. The van der Waals surface area contributed by atoms with E-state index in [1.54, 1.807) is 25.3 Å². The average molecular weight is 444 g/mol. The molecule has 2 heterocycles. The Balaban J connectivity index is 1.49. The first-order chi connectivity index (χ1) is 12.2. The fraction of sp³-hybridized carbons (Fsp3) is 0.438. The van der Waals surface area contributed by atoms with Crippen molar-refractivity contribution in [1.29, 1.82) is 0 Å². The molecule has 1 atom stereocenters. The molecule has 25 heavy (non-hydrogen) atoms. The summed E-state index contributed by atoms with van der Waals surface area (Å²) in [6.45, 7) is 1.59. The number of aromatic nitrogens is 2. The van der Waals surface area contributed by atoms with Crippen LogP contribution in [0, 0.1) is 0 Å². The summed E-state index contributed by atoms with van der Waals surface area (Å²) in [5, 5.41) is 12.2. The second kappa shape index (κ2) is 8.98. The van der Waals surface area contributed by atoms with Crippen molar-refractivity contribution >= 4 is 49.9 Å². The van der Waals surface area contributed by atoms with Gasteiger partial charge in [-0.2, -0.15) is 0 Å². The van der Waals surface area contributed by atoms with Crippen LogP contribution < -0.4 is 10.1 Å². The maximum atomic E-state index is 12.3. The van der Waals surface area contributed by atoms with Crippen molar-refractivity contribution in [3.8, 4) is 5.75 Å². The van der Waals surface area contributed by atoms with E-state index in [0.717, 1.165) is 39.9 Å². The third-order valence-corrected chi connectivity index (χ3v) is 6.35. The first-order valence-electron chi connectivity index (χ1n) is 7.84. The smallest absolute Gasteiger partial charge is 0.206 e. The molecule has 0 amide bonds. The standard InChI is InChI=1S/C16H18BrN3O3S2/c1-22-14-5-4-10(7-12(14)17)13(21)9-24-16-20-19-15(25-16)18-8-11-3-2-6-23-11/h4-5,7,11H,2-3,6,8-9H2,1H3,(H,18,19). The molecule has 0 aliphatic carbocycles. The maximum absolute atomic E-state index is 12.3. The highest BCUT2D eigenvalue weighted by Gasteiger charge is 2.16. The summed E-state index contributed by atoms with van der Waals surface area (Å²) in [5.74, 6) is 1.06. The molecular formula is C16H18BrN3O3S2. The molecule has 3 rings (SSSR count). The van der Waals surface area contributed by atoms with Gasteiger partial charge in [-0.1, -0.05) is 23.1 Å². The predicted octanol–water partition coefficient (Wildman–Crippen LogP) is 3.88. The van der Waals surface area contributed by atoms with Gasteiger partial charge in [0.05, 0.1) is 23.4 Å². The topological polar surface area (TPSA) is 73.3 Å². The fourth-order valence-electron chi connectivity index (χ4n) is 2.40. The number of carbonyl (C=O) groups is 1. The van der Waals surface area contributed by atoms with E-state index in [1.165, 1.54) is 23.1 Å². The lowest BCUT2D eigenvalue weighted by Gasteiger charge is -2.08. The largest absolute Gasteiger partial charge is 0.496 e. The van der Waals surface area contributed by atoms with Crippen molar-refractivity contribution in [1.82, 2.24) is 10.2 Å². The minimum absolute atomic E-state index is 0.0393. The Morgan fingerprint density at radius 1 is 1.52 bits per heavy atom. The second-order valence-corrected chi connectivity index (χ2v) is 8.50. The number of Topliss-reactive ketones (excluding diaryl/α,β-unsaturated/α-hetero) is 1. The molecule has 1 aromatic heterocycles. The van der Waals surface area contributed by atoms with E-state index in [0.29, 0.717) is 17.1 Å². The monoisotopic (exact) mass is 443 g/mol. The van der Waals surface area contributed by atoms with E-state index in [9.17, 15) is 4.79 Å². The van der Waals surface area contributed by atoms with Gasteiger partial charge in [-0.05, 0) is 47.0 Å². The molecular weight excluding hydrogens is 426 g/mol. The van der Waals surface area contributed by atoms with E-state index in [2.05, 4.69) is 31.4 Å². The highest BCUT2D eigenvalue weighted by Crippen LogP contribution is 2.29. The van der Waals surface area contributed by atoms with Crippen LogP contribution in [0.4, 0.5) is 5.13 Å². The van der Waals surface area contributed by atoms with Gasteiger partial charge in [0.2, 0.25) is 5.13 Å². The summed E-state index contributed by atoms with van der Waals surface area (Å²) in [5.41, 5.74) is 0.640. The lowest BCUT2D eigenvalue weighted by molar-refractivity contribution is 0.102. The highest BCUT2D eigenvalue weighted by molar-refractivity contribution is 9.10. The molecule has 0 radical (unpaired) electrons. The van der Waals surface area contributed by atoms with Gasteiger partial charge in [-0.25, -0.2) is 0 Å². The molecule has 0 spiro atoms. The van der Waals surface area contributed by atoms with Crippen LogP contribution in [0.3, 0.4) is 0 Å². The first-order valence-corrected chi connectivity index (χ1v) is 10.4. The van der Waals surface area contributed by atoms with E-state index >= 15 is 0 Å². The summed E-state index contributed by atoms with van der Waals surface area (Å²) < 4.78 is 12.3. The molecule has 0 bridgehead atoms. The summed E-state index contributed by atoms with van der Waals surface area (Å²) in [6.07, 6.45) is 2.46. The lowest BCUT2D eigenvalue weighted by atomic mass is 10.1. The van der Waals surface area contributed by atoms with Crippen LogP contribution in [0.2, 0.25) is 0 Å². The number of benzene rings is 1. The van der Waals surface area contributed by atoms with Crippen molar-refractivity contribution in [2.24, 2.45) is 0 Å². The number of methoxy groups -OCH3 is 1. The second-order valence-electron chi connectivity index (χ2n) is 5.45. The molecule has 1 aliphatic rings. The van der Waals surface area contributed by atoms with Crippen molar-refractivity contribution in [2.75, 3.05) is 31.3 Å². The van der Waals surface area contributed by atoms with Gasteiger partial charge in [0.25, 0.3) is 0 Å². The normalized spacial score (nSPS) is 16.8. The van der Waals surface area contributed by atoms with Crippen molar-refractivity contribution in [2.45, 2.75) is 23.3 Å². The number of rotatable bonds is 8. The third-order valence-electron chi connectivity index (χ3n) is 3.71. The predicted molar refractivity (Wildman–Crippen MR) is 103 cm³/mol. The zero-order valence-corrected chi connectivity index (χ0v) is 16.9. The fourth-order valence-corrected chi connectivity index (χ4v) is 4.59. The van der Waals surface area contributed by atoms with E-state index in [-0.39, 0.29) is 11.9 Å². The van der Waals surface area contributed by atoms with Gasteiger partial charge in [-0.15, -0.1) is 10.2 Å². The van der Waals surface area contributed by atoms with Crippen molar-refractivity contribution < 1.29 is 14.3 Å². The van der Waals surface area contributed by atoms with Crippen molar-refractivity contribution in [3.05, 3.63) is 28.2 Å². The Kier molecular flexibility index (Phi) is 6.69. The number of hydrogen-bond acceptors (Lipinski definition) is 8. The minimum atomic E-state index is 0.0393. The van der Waals surface area contributed by atoms with Crippen LogP contribution in [0.5, 0.6) is 5.75 Å². The zero-order valence-electron chi connectivity index (χ0n) is 13.7. The number of ketones is 1. The molecule has 134 valence electrons. The molecule has 1 saturated heterocycles. The molecule has 1 aliphatic heterocycles. The van der Waals surface area contributed by atoms with Crippen LogP contribution in [0.25, 0.3) is 0 Å². The number of carbonyl (C=O) groups excluding carboxylic acids is 1. The van der Waals surface area contributed by atoms with Crippen LogP contribution in [-0.4, -0.2) is 48.1 Å². The van der Waals surface area contributed by atoms with Crippen LogP contribution in [-0.2, 0) is 4.74 Å². The van der Waals surface area contributed by atoms with E-state index in [4.69, 9.17) is 9.47 Å². The Morgan fingerprint density at radius 2 is 2.40 bits per heavy atom. The molecule has 1 unspecified atom stereocenters. The van der Waals surface area contributed by atoms with Crippen LogP contribution in [0.15, 0.2) is 27.0 Å². The lowest BCUT2D eigenvalue weighted by Crippen LogP contribution is -2.18. The van der Waals surface area contributed by atoms with E-state index < -0.39 is 0 Å².